The third-order valence-corrected chi connectivity index (χ3v) is 4.07. The molecule has 0 radical (unpaired) electrons. The number of nitrogens with zero attached hydrogens (tertiary/aromatic N) is 1. The summed E-state index contributed by atoms with van der Waals surface area (Å²) < 4.78 is 11.3. The zero-order chi connectivity index (χ0) is 23.7. The molecule has 0 saturated heterocycles. The van der Waals surface area contributed by atoms with Crippen molar-refractivity contribution in [1.82, 2.24) is 15.3 Å². The molecule has 0 unspecified atom stereocenters. The standard InChI is InChI=1S/C22H27N3O3.C2H4O2/c1-15-10-11-17-18(12-15)24-20(23-17)19(25-21(26)28-22(2,3)4)14-27-13-16-8-6-5-7-9-16;1-2(3)4/h5-12,19H,13-14H2,1-4H3,(H,23,24)(H,25,26);1H3,(H,3,4)/t19-;/m1./s1. The predicted molar refractivity (Wildman–Crippen MR) is 122 cm³/mol. The molecule has 0 aliphatic heterocycles. The van der Waals surface area contributed by atoms with Crippen LogP contribution in [0.2, 0.25) is 0 Å². The third kappa shape index (κ3) is 8.77. The Morgan fingerprint density at radius 3 is 2.44 bits per heavy atom. The number of ether oxygens (including phenoxy) is 2. The van der Waals surface area contributed by atoms with Crippen molar-refractivity contribution in [1.29, 1.82) is 0 Å². The fraction of sp³-hybridized carbons (Fsp3) is 0.375. The van der Waals surface area contributed by atoms with Gasteiger partial charge in [0.25, 0.3) is 5.97 Å². The second-order valence-electron chi connectivity index (χ2n) is 8.36. The van der Waals surface area contributed by atoms with Crippen molar-refractivity contribution in [3.05, 3.63) is 65.5 Å². The lowest BCUT2D eigenvalue weighted by atomic mass is 10.2. The van der Waals surface area contributed by atoms with E-state index in [1.54, 1.807) is 0 Å². The average molecular weight is 442 g/mol. The molecule has 32 heavy (non-hydrogen) atoms. The lowest BCUT2D eigenvalue weighted by Crippen LogP contribution is -2.37. The zero-order valence-electron chi connectivity index (χ0n) is 19.1. The minimum absolute atomic E-state index is 0.271. The molecule has 0 aliphatic carbocycles. The summed E-state index contributed by atoms with van der Waals surface area (Å²) >= 11 is 0. The van der Waals surface area contributed by atoms with Crippen LogP contribution in [0.1, 0.15) is 50.7 Å². The largest absolute Gasteiger partial charge is 0.481 e. The maximum Gasteiger partial charge on any atom is 0.408 e. The fourth-order valence-electron chi connectivity index (χ4n) is 2.82. The number of aryl methyl sites for hydroxylation is 1. The SMILES string of the molecule is CC(=O)O.Cc1ccc2nc([C@@H](COCc3ccccc3)NC(=O)OC(C)(C)C)[nH]c2c1. The number of carbonyl (C=O) groups excluding carboxylic acids is 1. The first-order valence-electron chi connectivity index (χ1n) is 10.3. The normalized spacial score (nSPS) is 11.9. The minimum Gasteiger partial charge on any atom is -0.481 e. The van der Waals surface area contributed by atoms with Gasteiger partial charge in [-0.2, -0.15) is 0 Å². The topological polar surface area (TPSA) is 114 Å². The summed E-state index contributed by atoms with van der Waals surface area (Å²) in [6.07, 6.45) is -0.502. The molecule has 3 N–H and O–H groups in total. The Morgan fingerprint density at radius 1 is 1.16 bits per heavy atom. The number of nitrogens with one attached hydrogen (secondary N) is 2. The van der Waals surface area contributed by atoms with Gasteiger partial charge >= 0.3 is 6.09 Å². The first-order valence-corrected chi connectivity index (χ1v) is 10.3. The Bertz CT molecular complexity index is 1020. The molecule has 1 amide bonds. The molecule has 1 heterocycles. The minimum atomic E-state index is -0.833. The van der Waals surface area contributed by atoms with Gasteiger partial charge in [0.15, 0.2) is 0 Å². The van der Waals surface area contributed by atoms with E-state index < -0.39 is 23.7 Å². The van der Waals surface area contributed by atoms with E-state index in [0.29, 0.717) is 12.4 Å². The Balaban J connectivity index is 0.000000837. The summed E-state index contributed by atoms with van der Waals surface area (Å²) in [6.45, 7) is 9.32. The number of amides is 1. The van der Waals surface area contributed by atoms with Crippen LogP contribution < -0.4 is 5.32 Å². The van der Waals surface area contributed by atoms with Gasteiger partial charge in [-0.15, -0.1) is 0 Å². The van der Waals surface area contributed by atoms with Crippen molar-refractivity contribution in [2.75, 3.05) is 6.61 Å². The number of benzene rings is 2. The van der Waals surface area contributed by atoms with E-state index >= 15 is 0 Å². The van der Waals surface area contributed by atoms with Gasteiger partial charge in [-0.3, -0.25) is 4.79 Å². The monoisotopic (exact) mass is 441 g/mol. The van der Waals surface area contributed by atoms with E-state index in [1.807, 2.05) is 76.2 Å². The van der Waals surface area contributed by atoms with Crippen LogP contribution in [0, 0.1) is 6.92 Å². The Kier molecular flexibility index (Phi) is 8.78. The number of aromatic amines is 1. The fourth-order valence-corrected chi connectivity index (χ4v) is 2.82. The smallest absolute Gasteiger partial charge is 0.408 e. The molecule has 0 bridgehead atoms. The summed E-state index contributed by atoms with van der Waals surface area (Å²) in [4.78, 5) is 29.2. The lowest BCUT2D eigenvalue weighted by molar-refractivity contribution is -0.134. The van der Waals surface area contributed by atoms with Gasteiger partial charge in [-0.25, -0.2) is 9.78 Å². The molecule has 8 heteroatoms. The number of aliphatic carboxylic acids is 1. The van der Waals surface area contributed by atoms with Crippen molar-refractivity contribution in [3.63, 3.8) is 0 Å². The molecule has 8 nitrogen and oxygen atoms in total. The number of rotatable bonds is 6. The molecule has 0 aliphatic rings. The van der Waals surface area contributed by atoms with Crippen LogP contribution in [-0.4, -0.2) is 39.3 Å². The van der Waals surface area contributed by atoms with Crippen molar-refractivity contribution >= 4 is 23.1 Å². The molecular formula is C24H31N3O5. The maximum atomic E-state index is 12.3. The Morgan fingerprint density at radius 2 is 1.81 bits per heavy atom. The Hall–Kier alpha value is -3.39. The molecule has 3 rings (SSSR count). The van der Waals surface area contributed by atoms with Gasteiger partial charge in [0.2, 0.25) is 0 Å². The number of imidazole rings is 1. The third-order valence-electron chi connectivity index (χ3n) is 4.07. The van der Waals surface area contributed by atoms with Gasteiger partial charge in [0, 0.05) is 6.92 Å². The van der Waals surface area contributed by atoms with Crippen LogP contribution >= 0.6 is 0 Å². The molecule has 0 spiro atoms. The van der Waals surface area contributed by atoms with E-state index in [9.17, 15) is 4.79 Å². The highest BCUT2D eigenvalue weighted by atomic mass is 16.6. The molecule has 0 saturated carbocycles. The number of carboxylic acid groups (broad SMARTS) is 1. The summed E-state index contributed by atoms with van der Waals surface area (Å²) in [5.74, 6) is -0.195. The van der Waals surface area contributed by atoms with Crippen LogP contribution in [-0.2, 0) is 20.9 Å². The first kappa shape index (κ1) is 24.9. The predicted octanol–water partition coefficient (Wildman–Crippen LogP) is 4.74. The summed E-state index contributed by atoms with van der Waals surface area (Å²) in [6, 6.07) is 15.4. The van der Waals surface area contributed by atoms with Gasteiger partial charge in [0.1, 0.15) is 17.5 Å². The molecule has 0 fully saturated rings. The Labute approximate surface area is 188 Å². The lowest BCUT2D eigenvalue weighted by Gasteiger charge is -2.23. The van der Waals surface area contributed by atoms with Crippen LogP contribution in [0.3, 0.4) is 0 Å². The molecule has 2 aromatic carbocycles. The van der Waals surface area contributed by atoms with E-state index in [1.165, 1.54) is 0 Å². The number of H-pyrrole nitrogens is 1. The van der Waals surface area contributed by atoms with Crippen molar-refractivity contribution < 1.29 is 24.2 Å². The van der Waals surface area contributed by atoms with Gasteiger partial charge < -0.3 is 24.9 Å². The highest BCUT2D eigenvalue weighted by molar-refractivity contribution is 5.76. The number of hydrogen-bond donors (Lipinski definition) is 3. The van der Waals surface area contributed by atoms with Crippen LogP contribution in [0.15, 0.2) is 48.5 Å². The number of carbonyl (C=O) groups is 2. The van der Waals surface area contributed by atoms with E-state index in [2.05, 4.69) is 15.3 Å². The summed E-state index contributed by atoms with van der Waals surface area (Å²) in [5.41, 5.74) is 3.40. The molecule has 1 atom stereocenters. The van der Waals surface area contributed by atoms with Crippen molar-refractivity contribution in [2.45, 2.75) is 52.9 Å². The molecular weight excluding hydrogens is 410 g/mol. The van der Waals surface area contributed by atoms with Crippen molar-refractivity contribution in [2.24, 2.45) is 0 Å². The number of alkyl carbamates (subject to hydrolysis) is 1. The van der Waals surface area contributed by atoms with E-state index in [0.717, 1.165) is 29.1 Å². The number of hydrogen-bond acceptors (Lipinski definition) is 5. The second kappa shape index (κ2) is 11.3. The van der Waals surface area contributed by atoms with Gasteiger partial charge in [0.05, 0.1) is 24.2 Å². The molecule has 172 valence electrons. The highest BCUT2D eigenvalue weighted by Crippen LogP contribution is 2.19. The number of aromatic nitrogens is 2. The highest BCUT2D eigenvalue weighted by Gasteiger charge is 2.23. The quantitative estimate of drug-likeness (QED) is 0.509. The maximum absolute atomic E-state index is 12.3. The summed E-state index contributed by atoms with van der Waals surface area (Å²) in [7, 11) is 0. The number of carboxylic acids is 1. The van der Waals surface area contributed by atoms with Gasteiger partial charge in [-0.05, 0) is 51.0 Å². The van der Waals surface area contributed by atoms with Crippen LogP contribution in [0.5, 0.6) is 0 Å². The van der Waals surface area contributed by atoms with Gasteiger partial charge in [-0.1, -0.05) is 36.4 Å². The van der Waals surface area contributed by atoms with E-state index in [4.69, 9.17) is 19.4 Å². The molecule has 3 aromatic rings. The first-order chi connectivity index (χ1) is 15.0. The van der Waals surface area contributed by atoms with Crippen LogP contribution in [0.25, 0.3) is 11.0 Å². The molecule has 1 aromatic heterocycles. The second-order valence-corrected chi connectivity index (χ2v) is 8.36. The van der Waals surface area contributed by atoms with E-state index in [-0.39, 0.29) is 6.61 Å². The van der Waals surface area contributed by atoms with Crippen molar-refractivity contribution in [3.8, 4) is 0 Å². The zero-order valence-corrected chi connectivity index (χ0v) is 19.1. The van der Waals surface area contributed by atoms with Crippen LogP contribution in [0.4, 0.5) is 4.79 Å². The average Bonchev–Trinajstić information content (AvgIpc) is 3.09. The summed E-state index contributed by atoms with van der Waals surface area (Å²) in [5, 5.41) is 10.3. The number of fused-ring (bicyclic) bond motifs is 1.